The summed E-state index contributed by atoms with van der Waals surface area (Å²) < 4.78 is 59.9. The summed E-state index contributed by atoms with van der Waals surface area (Å²) in [5.74, 6) is -2.41. The first-order valence-corrected chi connectivity index (χ1v) is 21.3. The Kier molecular flexibility index (Phi) is 21.6. The summed E-state index contributed by atoms with van der Waals surface area (Å²) in [5.41, 5.74) is 2.88. The van der Waals surface area contributed by atoms with Gasteiger partial charge in [-0.05, 0) is 116 Å². The van der Waals surface area contributed by atoms with Gasteiger partial charge in [-0.2, -0.15) is 10.5 Å². The van der Waals surface area contributed by atoms with Gasteiger partial charge in [0.15, 0.2) is 8.32 Å². The number of aliphatic hydroxyl groups is 1. The van der Waals surface area contributed by atoms with Gasteiger partial charge in [-0.15, -0.1) is 0 Å². The number of halogens is 8. The molecule has 4 aromatic carbocycles. The molecular formula is C42H48Cl4F4N2O2Si. The monoisotopic (exact) mass is 856 g/mol. The zero-order chi connectivity index (χ0) is 39.3. The number of hydrogen-bond acceptors (Lipinski definition) is 4. The second-order valence-electron chi connectivity index (χ2n) is 12.6. The van der Waals surface area contributed by atoms with Gasteiger partial charge in [0.2, 0.25) is 0 Å². The van der Waals surface area contributed by atoms with E-state index in [-0.39, 0.29) is 31.0 Å². The number of benzene rings is 4. The van der Waals surface area contributed by atoms with Gasteiger partial charge in [-0.1, -0.05) is 82.0 Å². The highest BCUT2D eigenvalue weighted by Gasteiger charge is 2.34. The molecule has 0 fully saturated rings. The minimum Gasteiger partial charge on any atom is -0.410 e. The Morgan fingerprint density at radius 1 is 0.600 bits per heavy atom. The van der Waals surface area contributed by atoms with Gasteiger partial charge in [0.25, 0.3) is 0 Å². The molecule has 0 heterocycles. The molecule has 0 spiro atoms. The molecule has 0 aliphatic carbocycles. The summed E-state index contributed by atoms with van der Waals surface area (Å²) in [6, 6.07) is 19.9. The van der Waals surface area contributed by atoms with Crippen molar-refractivity contribution in [1.82, 2.24) is 0 Å². The molecule has 0 aliphatic rings. The fourth-order valence-corrected chi connectivity index (χ4v) is 10.4. The van der Waals surface area contributed by atoms with Gasteiger partial charge < -0.3 is 9.53 Å². The summed E-state index contributed by atoms with van der Waals surface area (Å²) in [6.07, 6.45) is 1.76. The highest BCUT2D eigenvalue weighted by atomic mass is 35.5. The molecule has 0 radical (unpaired) electrons. The van der Waals surface area contributed by atoms with E-state index in [1.54, 1.807) is 12.1 Å². The lowest BCUT2D eigenvalue weighted by atomic mass is 10.00. The molecule has 298 valence electrons. The number of aliphatic hydroxyl groups excluding tert-OH is 1. The molecule has 0 amide bonds. The molecule has 0 aliphatic heterocycles. The molecule has 2 atom stereocenters. The topological polar surface area (TPSA) is 77.0 Å². The second kappa shape index (κ2) is 23.8. The van der Waals surface area contributed by atoms with Crippen LogP contribution in [0.5, 0.6) is 0 Å². The average Bonchev–Trinajstić information content (AvgIpc) is 3.09. The first-order valence-electron chi connectivity index (χ1n) is 17.2. The van der Waals surface area contributed by atoms with Gasteiger partial charge in [0.1, 0.15) is 23.3 Å². The Labute approximate surface area is 344 Å². The van der Waals surface area contributed by atoms with Crippen molar-refractivity contribution in [3.8, 4) is 12.1 Å². The standard InChI is InChI=1S/C23H27Cl2F2NOSi.C17H13Cl2F2NO.2CH4/c1-4-30(5-2,6-3)29-22(23-20(24)12-17(15-28)13-21(23)25)9-7-8-16-10-18(26)14-19(27)11-16;18-14-6-11(9-22)7-15(19)17(14)16(23)3-1-2-10-4-12(20)8-13(21)5-10;;/h10-14,22H,4-9H2,1-3H3;4-8,16,23H,1-3H2;2*1H4. The lowest BCUT2D eigenvalue weighted by molar-refractivity contribution is 0.165. The lowest BCUT2D eigenvalue weighted by Crippen LogP contribution is -2.37. The molecule has 1 N–H and O–H groups in total. The van der Waals surface area contributed by atoms with Crippen molar-refractivity contribution in [2.45, 2.75) is 104 Å². The third kappa shape index (κ3) is 14.7. The van der Waals surface area contributed by atoms with E-state index in [9.17, 15) is 27.9 Å². The smallest absolute Gasteiger partial charge is 0.192 e. The summed E-state index contributed by atoms with van der Waals surface area (Å²) in [7, 11) is -1.98. The van der Waals surface area contributed by atoms with E-state index in [2.05, 4.69) is 26.8 Å². The summed E-state index contributed by atoms with van der Waals surface area (Å²) in [5, 5.41) is 29.5. The molecule has 4 nitrogen and oxygen atoms in total. The summed E-state index contributed by atoms with van der Waals surface area (Å²) >= 11 is 25.1. The average molecular weight is 859 g/mol. The maximum Gasteiger partial charge on any atom is 0.192 e. The van der Waals surface area contributed by atoms with Crippen LogP contribution in [-0.4, -0.2) is 13.4 Å². The van der Waals surface area contributed by atoms with Crippen LogP contribution in [-0.2, 0) is 17.3 Å². The van der Waals surface area contributed by atoms with Crippen LogP contribution in [0.25, 0.3) is 0 Å². The van der Waals surface area contributed by atoms with Gasteiger partial charge in [-0.25, -0.2) is 17.6 Å². The molecule has 13 heteroatoms. The molecule has 55 heavy (non-hydrogen) atoms. The number of rotatable bonds is 15. The second-order valence-corrected chi connectivity index (χ2v) is 19.0. The van der Waals surface area contributed by atoms with E-state index in [0.29, 0.717) is 82.0 Å². The van der Waals surface area contributed by atoms with Crippen molar-refractivity contribution in [1.29, 1.82) is 10.5 Å². The third-order valence-electron chi connectivity index (χ3n) is 9.12. The van der Waals surface area contributed by atoms with Crippen molar-refractivity contribution < 1.29 is 27.1 Å². The Morgan fingerprint density at radius 2 is 0.945 bits per heavy atom. The van der Waals surface area contributed by atoms with Crippen LogP contribution >= 0.6 is 46.4 Å². The van der Waals surface area contributed by atoms with E-state index in [1.807, 2.05) is 6.07 Å². The fourth-order valence-electron chi connectivity index (χ4n) is 6.13. The number of aryl methyl sites for hydroxylation is 2. The van der Waals surface area contributed by atoms with Crippen LogP contribution in [0.2, 0.25) is 38.2 Å². The molecule has 0 aromatic heterocycles. The first-order chi connectivity index (χ1) is 25.2. The zero-order valence-corrected chi connectivity index (χ0v) is 33.6. The highest BCUT2D eigenvalue weighted by molar-refractivity contribution is 6.73. The van der Waals surface area contributed by atoms with Crippen molar-refractivity contribution >= 4 is 54.7 Å². The highest BCUT2D eigenvalue weighted by Crippen LogP contribution is 2.40. The zero-order valence-electron chi connectivity index (χ0n) is 29.6. The number of nitriles is 2. The summed E-state index contributed by atoms with van der Waals surface area (Å²) in [4.78, 5) is 0. The quantitative estimate of drug-likeness (QED) is 0.0954. The van der Waals surface area contributed by atoms with Gasteiger partial charge in [0, 0.05) is 43.4 Å². The maximum atomic E-state index is 13.5. The van der Waals surface area contributed by atoms with E-state index in [4.69, 9.17) is 56.1 Å². The molecule has 0 saturated heterocycles. The normalized spacial score (nSPS) is 11.9. The van der Waals surface area contributed by atoms with Gasteiger partial charge in [0.05, 0.1) is 35.5 Å². The third-order valence-corrected chi connectivity index (χ3v) is 15.0. The minimum absolute atomic E-state index is 0. The fraction of sp³-hybridized carbons (Fsp3) is 0.381. The molecule has 0 saturated carbocycles. The van der Waals surface area contributed by atoms with Crippen molar-refractivity contribution in [2.24, 2.45) is 0 Å². The van der Waals surface area contributed by atoms with Gasteiger partial charge >= 0.3 is 0 Å². The van der Waals surface area contributed by atoms with Gasteiger partial charge in [-0.3, -0.25) is 0 Å². The van der Waals surface area contributed by atoms with E-state index >= 15 is 0 Å². The first kappa shape index (κ1) is 49.9. The SMILES string of the molecule is C.C.CC[Si](CC)(CC)OC(CCCc1cc(F)cc(F)c1)c1c(Cl)cc(C#N)cc1Cl.N#Cc1cc(Cl)c(C(O)CCCc2cc(F)cc(F)c2)c(Cl)c1. The summed E-state index contributed by atoms with van der Waals surface area (Å²) in [6.45, 7) is 6.44. The van der Waals surface area contributed by atoms with E-state index < -0.39 is 37.7 Å². The molecule has 2 unspecified atom stereocenters. The maximum absolute atomic E-state index is 13.5. The number of hydrogen-bond donors (Lipinski definition) is 1. The Hall–Kier alpha value is -3.12. The Bertz CT molecular complexity index is 1860. The van der Waals surface area contributed by atoms with Crippen LogP contribution in [0, 0.1) is 45.9 Å². The predicted molar refractivity (Wildman–Crippen MR) is 220 cm³/mol. The van der Waals surface area contributed by atoms with Crippen LogP contribution in [0.3, 0.4) is 0 Å². The van der Waals surface area contributed by atoms with Crippen molar-refractivity contribution in [3.05, 3.63) is 137 Å². The van der Waals surface area contributed by atoms with Crippen molar-refractivity contribution in [3.63, 3.8) is 0 Å². The van der Waals surface area contributed by atoms with Crippen LogP contribution in [0.1, 0.15) is 107 Å². The Balaban J connectivity index is 0.000000547. The number of nitrogens with zero attached hydrogens (tertiary/aromatic N) is 2. The molecule has 4 rings (SSSR count). The minimum atomic E-state index is -1.98. The van der Waals surface area contributed by atoms with E-state index in [0.717, 1.165) is 30.3 Å². The molecule has 0 bridgehead atoms. The molecular weight excluding hydrogens is 810 g/mol. The van der Waals surface area contributed by atoms with Crippen molar-refractivity contribution in [2.75, 3.05) is 0 Å². The lowest BCUT2D eigenvalue weighted by Gasteiger charge is -2.34. The van der Waals surface area contributed by atoms with Crippen LogP contribution < -0.4 is 0 Å². The largest absolute Gasteiger partial charge is 0.410 e. The van der Waals surface area contributed by atoms with Crippen LogP contribution in [0.15, 0.2) is 60.7 Å². The van der Waals surface area contributed by atoms with Crippen LogP contribution in [0.4, 0.5) is 17.6 Å². The molecule has 4 aromatic rings. The Morgan fingerprint density at radius 3 is 1.29 bits per heavy atom. The predicted octanol–water partition coefficient (Wildman–Crippen LogP) is 14.7. The van der Waals surface area contributed by atoms with E-state index in [1.165, 1.54) is 36.4 Å².